The highest BCUT2D eigenvalue weighted by Crippen LogP contribution is 2.61. The number of thioether (sulfide) groups is 1. The number of nitrogen functional groups attached to an aromatic ring is 1. The van der Waals surface area contributed by atoms with Crippen LogP contribution in [-0.4, -0.2) is 134 Å². The van der Waals surface area contributed by atoms with Gasteiger partial charge in [0.1, 0.15) is 36.3 Å². The van der Waals surface area contributed by atoms with Crippen LogP contribution in [0.1, 0.15) is 104 Å². The first kappa shape index (κ1) is 62.8. The maximum absolute atomic E-state index is 12.8. The van der Waals surface area contributed by atoms with Gasteiger partial charge in [-0.15, -0.1) is 0 Å². The van der Waals surface area contributed by atoms with Crippen LogP contribution in [-0.2, 0) is 50.7 Å². The highest BCUT2D eigenvalue weighted by atomic mass is 32.2. The van der Waals surface area contributed by atoms with E-state index in [9.17, 15) is 63.0 Å². The minimum absolute atomic E-state index is 0.0187. The minimum atomic E-state index is -5.59. The zero-order valence-electron chi connectivity index (χ0n) is 40.5. The van der Waals surface area contributed by atoms with E-state index < -0.39 is 90.7 Å². The quantitative estimate of drug-likeness (QED) is 0.0257. The van der Waals surface area contributed by atoms with Crippen LogP contribution in [0.15, 0.2) is 61.3 Å². The number of phosphoric acid groups is 3. The number of aliphatic hydroxyl groups is 3. The molecule has 0 radical (unpaired) electrons. The molecule has 25 nitrogen and oxygen atoms in total. The average Bonchev–Trinajstić information content (AvgIpc) is 3.86. The summed E-state index contributed by atoms with van der Waals surface area (Å²) in [6.45, 7) is 2.55. The van der Waals surface area contributed by atoms with Crippen LogP contribution >= 0.6 is 35.2 Å². The molecule has 2 amide bonds. The molecule has 8 atom stereocenters. The smallest absolute Gasteiger partial charge is 0.393 e. The Hall–Kier alpha value is -3.52. The maximum Gasteiger partial charge on any atom is 0.481 e. The number of hydrogen-bond donors (Lipinski definition) is 10. The van der Waals surface area contributed by atoms with Crippen LogP contribution in [0, 0.1) is 5.41 Å². The van der Waals surface area contributed by atoms with Crippen molar-refractivity contribution in [1.82, 2.24) is 30.2 Å². The third-order valence-corrected chi connectivity index (χ3v) is 14.5. The molecule has 72 heavy (non-hydrogen) atoms. The van der Waals surface area contributed by atoms with Crippen LogP contribution < -0.4 is 16.4 Å². The fourth-order valence-electron chi connectivity index (χ4n) is 6.68. The van der Waals surface area contributed by atoms with E-state index >= 15 is 0 Å². The summed E-state index contributed by atoms with van der Waals surface area (Å²) in [6, 6.07) is 0. The van der Waals surface area contributed by atoms with Gasteiger partial charge in [0.2, 0.25) is 11.8 Å². The first-order valence-electron chi connectivity index (χ1n) is 23.3. The summed E-state index contributed by atoms with van der Waals surface area (Å²) in [7, 11) is -16.5. The summed E-state index contributed by atoms with van der Waals surface area (Å²) < 4.78 is 62.4. The van der Waals surface area contributed by atoms with Crippen LogP contribution in [0.3, 0.4) is 0 Å². The zero-order chi connectivity index (χ0) is 53.4. The van der Waals surface area contributed by atoms with Gasteiger partial charge < -0.3 is 56.0 Å². The monoisotopic (exact) mass is 1100 g/mol. The Morgan fingerprint density at radius 2 is 1.51 bits per heavy atom. The Bertz CT molecular complexity index is 2300. The highest BCUT2D eigenvalue weighted by Gasteiger charge is 2.50. The van der Waals surface area contributed by atoms with Crippen molar-refractivity contribution >= 4 is 69.1 Å². The summed E-state index contributed by atoms with van der Waals surface area (Å²) in [5.74, 6) is -1.26. The van der Waals surface area contributed by atoms with E-state index in [1.165, 1.54) is 33.1 Å². The number of carbonyl (C=O) groups is 3. The van der Waals surface area contributed by atoms with E-state index in [0.29, 0.717) is 6.42 Å². The van der Waals surface area contributed by atoms with Crippen molar-refractivity contribution in [3.8, 4) is 0 Å². The Morgan fingerprint density at radius 3 is 2.15 bits per heavy atom. The van der Waals surface area contributed by atoms with E-state index in [2.05, 4.69) is 90.0 Å². The largest absolute Gasteiger partial charge is 0.481 e. The number of rotatable bonds is 35. The number of hydrogen-bond acceptors (Lipinski definition) is 19. The van der Waals surface area contributed by atoms with Crippen molar-refractivity contribution in [3.63, 3.8) is 0 Å². The lowest BCUT2D eigenvalue weighted by molar-refractivity contribution is -0.137. The van der Waals surface area contributed by atoms with E-state index in [1.807, 2.05) is 0 Å². The molecule has 406 valence electrons. The number of anilines is 1. The molecule has 0 bridgehead atoms. The number of nitrogens with one attached hydrogen (secondary N) is 2. The van der Waals surface area contributed by atoms with Gasteiger partial charge in [0.05, 0.1) is 25.6 Å². The summed E-state index contributed by atoms with van der Waals surface area (Å²) in [6.07, 6.45) is 18.9. The van der Waals surface area contributed by atoms with Crippen LogP contribution in [0.4, 0.5) is 5.82 Å². The zero-order valence-corrected chi connectivity index (χ0v) is 44.0. The number of carbonyl (C=O) groups excluding carboxylic acids is 3. The molecule has 0 aromatic carbocycles. The van der Waals surface area contributed by atoms with Gasteiger partial charge in [-0.1, -0.05) is 94.0 Å². The first-order valence-corrected chi connectivity index (χ1v) is 28.8. The summed E-state index contributed by atoms with van der Waals surface area (Å²) >= 11 is 0.974. The average molecular weight is 1100 g/mol. The number of nitrogens with two attached hydrogens (primary N) is 1. The van der Waals surface area contributed by atoms with Gasteiger partial charge in [-0.05, 0) is 51.4 Å². The van der Waals surface area contributed by atoms with Gasteiger partial charge in [-0.2, -0.15) is 4.31 Å². The third-order valence-electron chi connectivity index (χ3n) is 10.5. The molecule has 1 aliphatic rings. The lowest BCUT2D eigenvalue weighted by Gasteiger charge is -2.30. The molecule has 3 heterocycles. The number of amides is 2. The number of imidazole rings is 1. The van der Waals surface area contributed by atoms with E-state index in [4.69, 9.17) is 19.5 Å². The Labute approximate surface area is 422 Å². The van der Waals surface area contributed by atoms with Crippen LogP contribution in [0.25, 0.3) is 11.2 Å². The van der Waals surface area contributed by atoms with Crippen molar-refractivity contribution in [3.05, 3.63) is 61.3 Å². The van der Waals surface area contributed by atoms with Gasteiger partial charge in [0.15, 0.2) is 22.8 Å². The predicted molar refractivity (Wildman–Crippen MR) is 266 cm³/mol. The molecule has 2 aromatic heterocycles. The third kappa shape index (κ3) is 23.8. The fraction of sp³-hybridized carbons (Fsp3) is 0.628. The topological polar surface area (TPSA) is 384 Å². The van der Waals surface area contributed by atoms with E-state index in [0.717, 1.165) is 67.5 Å². The van der Waals surface area contributed by atoms with Gasteiger partial charge >= 0.3 is 23.5 Å². The highest BCUT2D eigenvalue weighted by molar-refractivity contribution is 8.13. The SMILES string of the molecule is CCCCC/C=C/C/C=C/C/C=C/C/C=C/CCCC(O)CC(=O)SCCNC(=O)CCNC(=O)C(O)C(C)(C)COP(=O)(O)OP(=O)(O)OCC1OC(n2cnc3c(N)ncnc32)C(O)C1OP(=O)(O)O. The molecule has 1 saturated heterocycles. The van der Waals surface area contributed by atoms with Crippen molar-refractivity contribution in [1.29, 1.82) is 0 Å². The molecule has 2 aromatic rings. The number of aliphatic hydroxyl groups excluding tert-OH is 3. The lowest BCUT2D eigenvalue weighted by atomic mass is 9.87. The molecule has 8 unspecified atom stereocenters. The Morgan fingerprint density at radius 1 is 0.889 bits per heavy atom. The van der Waals surface area contributed by atoms with Crippen molar-refractivity contribution in [2.45, 2.75) is 135 Å². The number of unbranched alkanes of at least 4 members (excludes halogenated alkanes) is 4. The number of nitrogens with zero attached hydrogens (tertiary/aromatic N) is 4. The second-order valence-electron chi connectivity index (χ2n) is 17.2. The van der Waals surface area contributed by atoms with Crippen molar-refractivity contribution in [2.75, 3.05) is 37.8 Å². The van der Waals surface area contributed by atoms with Gasteiger partial charge in [0.25, 0.3) is 0 Å². The second-order valence-corrected chi connectivity index (χ2v) is 22.6. The number of phosphoric ester groups is 3. The van der Waals surface area contributed by atoms with E-state index in [1.54, 1.807) is 0 Å². The molecule has 0 saturated carbocycles. The molecular formula is C43H70N7O18P3S. The number of ether oxygens (including phenoxy) is 1. The van der Waals surface area contributed by atoms with E-state index in [-0.39, 0.29) is 53.8 Å². The molecule has 1 aliphatic heterocycles. The molecule has 29 heteroatoms. The van der Waals surface area contributed by atoms with Gasteiger partial charge in [0, 0.05) is 37.1 Å². The second kappa shape index (κ2) is 31.4. The van der Waals surface area contributed by atoms with Crippen LogP contribution in [0.2, 0.25) is 0 Å². The lowest BCUT2D eigenvalue weighted by Crippen LogP contribution is -2.46. The summed E-state index contributed by atoms with van der Waals surface area (Å²) in [4.78, 5) is 88.5. The summed E-state index contributed by atoms with van der Waals surface area (Å²) in [5.41, 5.74) is 4.24. The molecule has 11 N–H and O–H groups in total. The number of fused-ring (bicyclic) bond motifs is 1. The molecule has 3 rings (SSSR count). The Balaban J connectivity index is 1.29. The van der Waals surface area contributed by atoms with Gasteiger partial charge in [-0.3, -0.25) is 32.5 Å². The molecule has 0 spiro atoms. The summed E-state index contributed by atoms with van der Waals surface area (Å²) in [5, 5.41) is 36.6. The Kier molecular flexibility index (Phi) is 27.4. The van der Waals surface area contributed by atoms with Crippen molar-refractivity contribution < 1.29 is 85.6 Å². The van der Waals surface area contributed by atoms with Gasteiger partial charge in [-0.25, -0.2) is 28.6 Å². The van der Waals surface area contributed by atoms with Crippen molar-refractivity contribution in [2.24, 2.45) is 5.41 Å². The standard InChI is InChI=1S/C43H70N7O18P3S/c1-4-5-6-7-8-9-10-11-12-13-14-15-16-17-18-19-20-21-31(51)26-34(53)72-25-24-45-33(52)22-23-46-41(56)38(55)43(2,3)28-65-71(62,63)68-70(60,61)64-27-32-37(67-69(57,58)59)36(54)42(66-32)50-30-49-35-39(44)47-29-48-40(35)50/h8-9,11-12,14-15,17-18,29-32,36-38,42,51,54-55H,4-7,10,13,16,19-28H2,1-3H3,(H,45,52)(H,46,56)(H,60,61)(H,62,63)(H2,44,47,48)(H2,57,58,59)/b9-8+,12-11+,15-14+,18-17+. The maximum atomic E-state index is 12.8. The predicted octanol–water partition coefficient (Wildman–Crippen LogP) is 4.56. The fourth-order valence-corrected chi connectivity index (χ4v) is 10.3. The first-order chi connectivity index (χ1) is 33.9. The number of allylic oxidation sites excluding steroid dienone is 8. The number of aromatic nitrogens is 4. The molecule has 0 aliphatic carbocycles. The molecule has 1 fully saturated rings. The molecular weight excluding hydrogens is 1030 g/mol. The van der Waals surface area contributed by atoms with Crippen LogP contribution in [0.5, 0.6) is 0 Å². The minimum Gasteiger partial charge on any atom is -0.393 e. The normalized spacial score (nSPS) is 20.4.